The molecular formula is C20H21N3O6. The zero-order chi connectivity index (χ0) is 21.1. The minimum absolute atomic E-state index is 0.0877. The molecule has 0 radical (unpaired) electrons. The normalized spacial score (nSPS) is 30.0. The number of rotatable bonds is 4. The van der Waals surface area contributed by atoms with E-state index in [1.807, 2.05) is 0 Å². The summed E-state index contributed by atoms with van der Waals surface area (Å²) in [6, 6.07) is 5.29. The van der Waals surface area contributed by atoms with Gasteiger partial charge in [0.25, 0.3) is 5.69 Å². The van der Waals surface area contributed by atoms with E-state index in [2.05, 4.69) is 5.32 Å². The fourth-order valence-electron chi connectivity index (χ4n) is 4.17. The lowest BCUT2D eigenvalue weighted by atomic mass is 9.76. The molecule has 0 aromatic heterocycles. The van der Waals surface area contributed by atoms with Crippen molar-refractivity contribution in [3.63, 3.8) is 0 Å². The fourth-order valence-corrected chi connectivity index (χ4v) is 4.17. The van der Waals surface area contributed by atoms with Crippen LogP contribution in [0, 0.1) is 27.4 Å². The number of carbonyl (C=O) groups excluding carboxylic acids is 3. The minimum atomic E-state index is -1.07. The second-order valence-corrected chi connectivity index (χ2v) is 8.62. The van der Waals surface area contributed by atoms with Crippen LogP contribution in [0.3, 0.4) is 0 Å². The number of benzene rings is 1. The number of anilines is 1. The number of non-ortho nitro benzene ring substituents is 1. The number of carbonyl (C=O) groups is 3. The highest BCUT2D eigenvalue weighted by Crippen LogP contribution is 2.52. The smallest absolute Gasteiger partial charge is 0.269 e. The Labute approximate surface area is 166 Å². The summed E-state index contributed by atoms with van der Waals surface area (Å²) in [7, 11) is 0. The first-order valence-electron chi connectivity index (χ1n) is 9.33. The number of hydrogen-bond acceptors (Lipinski definition) is 6. The van der Waals surface area contributed by atoms with Gasteiger partial charge >= 0.3 is 0 Å². The van der Waals surface area contributed by atoms with Crippen LogP contribution in [-0.2, 0) is 19.1 Å². The van der Waals surface area contributed by atoms with E-state index in [0.29, 0.717) is 0 Å². The van der Waals surface area contributed by atoms with E-state index in [0.717, 1.165) is 4.90 Å². The Hall–Kier alpha value is -3.07. The van der Waals surface area contributed by atoms with Crippen molar-refractivity contribution in [2.24, 2.45) is 17.3 Å². The Morgan fingerprint density at radius 3 is 2.48 bits per heavy atom. The van der Waals surface area contributed by atoms with Crippen LogP contribution < -0.4 is 10.2 Å². The Balaban J connectivity index is 1.61. The molecule has 3 amide bonds. The van der Waals surface area contributed by atoms with Crippen molar-refractivity contribution in [3.05, 3.63) is 46.5 Å². The van der Waals surface area contributed by atoms with Crippen molar-refractivity contribution in [1.29, 1.82) is 0 Å². The van der Waals surface area contributed by atoms with Crippen molar-refractivity contribution < 1.29 is 24.0 Å². The third-order valence-electron chi connectivity index (χ3n) is 5.68. The predicted octanol–water partition coefficient (Wildman–Crippen LogP) is 1.57. The molecule has 2 fully saturated rings. The predicted molar refractivity (Wildman–Crippen MR) is 102 cm³/mol. The van der Waals surface area contributed by atoms with Crippen LogP contribution in [-0.4, -0.2) is 40.9 Å². The lowest BCUT2D eigenvalue weighted by Crippen LogP contribution is -2.50. The molecule has 29 heavy (non-hydrogen) atoms. The number of imide groups is 1. The van der Waals surface area contributed by atoms with Gasteiger partial charge in [-0.25, -0.2) is 4.90 Å². The largest absolute Gasteiger partial charge is 0.360 e. The number of nitrogens with zero attached hydrogens (tertiary/aromatic N) is 2. The molecule has 1 N–H and O–H groups in total. The fraction of sp³-hybridized carbons (Fsp3) is 0.450. The molecule has 0 saturated carbocycles. The maximum absolute atomic E-state index is 13.2. The molecule has 1 aromatic rings. The van der Waals surface area contributed by atoms with Gasteiger partial charge in [-0.2, -0.15) is 0 Å². The number of nitro benzene ring substituents is 1. The lowest BCUT2D eigenvalue weighted by molar-refractivity contribution is -0.384. The number of hydrogen-bond donors (Lipinski definition) is 1. The quantitative estimate of drug-likeness (QED) is 0.355. The summed E-state index contributed by atoms with van der Waals surface area (Å²) in [5.41, 5.74) is -1.51. The maximum Gasteiger partial charge on any atom is 0.269 e. The van der Waals surface area contributed by atoms with E-state index in [1.165, 1.54) is 24.3 Å². The van der Waals surface area contributed by atoms with Gasteiger partial charge in [-0.15, -0.1) is 0 Å². The maximum atomic E-state index is 13.2. The molecule has 0 aliphatic carbocycles. The highest BCUT2D eigenvalue weighted by molar-refractivity contribution is 6.23. The summed E-state index contributed by atoms with van der Waals surface area (Å²) < 4.78 is 5.98. The van der Waals surface area contributed by atoms with Gasteiger partial charge in [0.1, 0.15) is 5.60 Å². The van der Waals surface area contributed by atoms with Crippen molar-refractivity contribution >= 4 is 29.1 Å². The standard InChI is InChI=1S/C20H21N3O6/c1-19(2,3)18(26)21-10-20-9-8-13(29-20)14-15(20)17(25)22(16(14)24)11-4-6-12(7-5-11)23(27)28/h4-9,13-15H,10H2,1-3H3,(H,21,26). The van der Waals surface area contributed by atoms with Crippen LogP contribution in [0.15, 0.2) is 36.4 Å². The molecule has 152 valence electrons. The summed E-state index contributed by atoms with van der Waals surface area (Å²) in [6.45, 7) is 5.44. The lowest BCUT2D eigenvalue weighted by Gasteiger charge is -2.30. The van der Waals surface area contributed by atoms with E-state index in [1.54, 1.807) is 32.9 Å². The number of nitro groups is 1. The third-order valence-corrected chi connectivity index (χ3v) is 5.68. The van der Waals surface area contributed by atoms with Crippen LogP contribution >= 0.6 is 0 Å². The van der Waals surface area contributed by atoms with Crippen LogP contribution in [0.5, 0.6) is 0 Å². The van der Waals surface area contributed by atoms with Gasteiger partial charge in [-0.3, -0.25) is 24.5 Å². The van der Waals surface area contributed by atoms with Crippen molar-refractivity contribution in [2.45, 2.75) is 32.5 Å². The van der Waals surface area contributed by atoms with Gasteiger partial charge in [-0.05, 0) is 12.1 Å². The molecule has 0 spiro atoms. The first kappa shape index (κ1) is 19.3. The minimum Gasteiger partial charge on any atom is -0.360 e. The molecule has 3 aliphatic rings. The van der Waals surface area contributed by atoms with Gasteiger partial charge in [0, 0.05) is 17.5 Å². The molecule has 4 unspecified atom stereocenters. The Morgan fingerprint density at radius 2 is 1.90 bits per heavy atom. The van der Waals surface area contributed by atoms with E-state index >= 15 is 0 Å². The first-order chi connectivity index (χ1) is 13.5. The SMILES string of the molecule is CC(C)(C)C(=O)NCC12C=CC(O1)C1C(=O)N(c3ccc([N+](=O)[O-])cc3)C(=O)C12. The van der Waals surface area contributed by atoms with Crippen molar-refractivity contribution in [1.82, 2.24) is 5.32 Å². The number of nitrogens with one attached hydrogen (secondary N) is 1. The second kappa shape index (κ2) is 6.21. The monoisotopic (exact) mass is 399 g/mol. The average Bonchev–Trinajstić information content (AvgIpc) is 3.29. The third kappa shape index (κ3) is 2.84. The van der Waals surface area contributed by atoms with Crippen LogP contribution in [0.1, 0.15) is 20.8 Å². The van der Waals surface area contributed by atoms with E-state index < -0.39 is 45.7 Å². The van der Waals surface area contributed by atoms with E-state index in [4.69, 9.17) is 4.74 Å². The molecule has 4 atom stereocenters. The van der Waals surface area contributed by atoms with Gasteiger partial charge in [0.15, 0.2) is 0 Å². The van der Waals surface area contributed by atoms with Gasteiger partial charge in [-0.1, -0.05) is 32.9 Å². The topological polar surface area (TPSA) is 119 Å². The summed E-state index contributed by atoms with van der Waals surface area (Å²) in [5.74, 6) is -2.42. The highest BCUT2D eigenvalue weighted by Gasteiger charge is 2.67. The second-order valence-electron chi connectivity index (χ2n) is 8.62. The number of ether oxygens (including phenoxy) is 1. The summed E-state index contributed by atoms with van der Waals surface area (Å²) in [5, 5.41) is 13.7. The van der Waals surface area contributed by atoms with E-state index in [-0.39, 0.29) is 23.8 Å². The van der Waals surface area contributed by atoms with Crippen molar-refractivity contribution in [2.75, 3.05) is 11.4 Å². The van der Waals surface area contributed by atoms with E-state index in [9.17, 15) is 24.5 Å². The van der Waals surface area contributed by atoms with Crippen LogP contribution in [0.2, 0.25) is 0 Å². The number of fused-ring (bicyclic) bond motifs is 5. The molecule has 2 bridgehead atoms. The summed E-state index contributed by atoms with van der Waals surface area (Å²) in [6.07, 6.45) is 2.98. The van der Waals surface area contributed by atoms with Gasteiger partial charge in [0.05, 0.1) is 35.1 Å². The Kier molecular flexibility index (Phi) is 4.13. The zero-order valence-electron chi connectivity index (χ0n) is 16.2. The molecule has 1 aromatic carbocycles. The molecule has 9 nitrogen and oxygen atoms in total. The van der Waals surface area contributed by atoms with Gasteiger partial charge in [0.2, 0.25) is 17.7 Å². The molecule has 3 aliphatic heterocycles. The zero-order valence-corrected chi connectivity index (χ0v) is 16.2. The first-order valence-corrected chi connectivity index (χ1v) is 9.33. The Morgan fingerprint density at radius 1 is 1.24 bits per heavy atom. The molecule has 9 heteroatoms. The highest BCUT2D eigenvalue weighted by atomic mass is 16.6. The molecule has 4 rings (SSSR count). The molecule has 3 heterocycles. The van der Waals surface area contributed by atoms with Crippen LogP contribution in [0.25, 0.3) is 0 Å². The number of amides is 3. The van der Waals surface area contributed by atoms with Gasteiger partial charge < -0.3 is 10.1 Å². The molecule has 2 saturated heterocycles. The molecular weight excluding hydrogens is 378 g/mol. The summed E-state index contributed by atoms with van der Waals surface area (Å²) >= 11 is 0. The summed E-state index contributed by atoms with van der Waals surface area (Å²) in [4.78, 5) is 49.9. The van der Waals surface area contributed by atoms with Crippen molar-refractivity contribution in [3.8, 4) is 0 Å². The average molecular weight is 399 g/mol. The van der Waals surface area contributed by atoms with Crippen LogP contribution in [0.4, 0.5) is 11.4 Å². The Bertz CT molecular complexity index is 948.